The number of rotatable bonds is 4. The third-order valence-electron chi connectivity index (χ3n) is 2.53. The highest BCUT2D eigenvalue weighted by Gasteiger charge is 2.27. The molecule has 0 aromatic heterocycles. The first kappa shape index (κ1) is 17.1. The van der Waals surface area contributed by atoms with Crippen molar-refractivity contribution in [3.63, 3.8) is 0 Å². The molecule has 0 amide bonds. The van der Waals surface area contributed by atoms with Gasteiger partial charge in [0.2, 0.25) is 9.84 Å². The van der Waals surface area contributed by atoms with Crippen molar-refractivity contribution in [3.05, 3.63) is 51.7 Å². The van der Waals surface area contributed by atoms with Crippen LogP contribution in [-0.2, 0) is 9.84 Å². The number of hydrogen-bond donors (Lipinski definition) is 0. The summed E-state index contributed by atoms with van der Waals surface area (Å²) < 4.78 is 66.3. The van der Waals surface area contributed by atoms with Crippen LogP contribution in [0.25, 0.3) is 0 Å². The molecule has 0 bridgehead atoms. The molecule has 118 valence electrons. The zero-order valence-corrected chi connectivity index (χ0v) is 13.7. The van der Waals surface area contributed by atoms with E-state index in [0.717, 1.165) is 24.3 Å². The van der Waals surface area contributed by atoms with E-state index in [4.69, 9.17) is 16.3 Å². The van der Waals surface area contributed by atoms with Gasteiger partial charge in [0.1, 0.15) is 17.3 Å². The average Bonchev–Trinajstić information content (AvgIpc) is 2.39. The highest BCUT2D eigenvalue weighted by Crippen LogP contribution is 2.34. The van der Waals surface area contributed by atoms with Crippen LogP contribution < -0.4 is 4.74 Å². The molecule has 9 heteroatoms. The summed E-state index contributed by atoms with van der Waals surface area (Å²) in [5, 5.41) is 0.114. The van der Waals surface area contributed by atoms with Gasteiger partial charge in [-0.05, 0) is 46.3 Å². The van der Waals surface area contributed by atoms with Crippen LogP contribution in [0.5, 0.6) is 11.5 Å². The van der Waals surface area contributed by atoms with Gasteiger partial charge in [-0.2, -0.15) is 8.78 Å². The minimum atomic E-state index is -4.70. The molecule has 2 rings (SSSR count). The fourth-order valence-electron chi connectivity index (χ4n) is 1.56. The van der Waals surface area contributed by atoms with Gasteiger partial charge in [0.15, 0.2) is 0 Å². The van der Waals surface area contributed by atoms with Crippen molar-refractivity contribution in [2.24, 2.45) is 0 Å². The molecule has 0 fully saturated rings. The van der Waals surface area contributed by atoms with E-state index in [1.54, 1.807) is 0 Å². The summed E-state index contributed by atoms with van der Waals surface area (Å²) in [6, 6.07) is 6.64. The van der Waals surface area contributed by atoms with Gasteiger partial charge in [0.25, 0.3) is 0 Å². The highest BCUT2D eigenvalue weighted by atomic mass is 79.9. The molecule has 0 saturated carbocycles. The van der Waals surface area contributed by atoms with Crippen molar-refractivity contribution < 1.29 is 26.3 Å². The Kier molecular flexibility index (Phi) is 5.03. The second-order valence-corrected chi connectivity index (χ2v) is 7.31. The highest BCUT2D eigenvalue weighted by molar-refractivity contribution is 9.10. The summed E-state index contributed by atoms with van der Waals surface area (Å²) in [6.45, 7) is 0. The van der Waals surface area contributed by atoms with Crippen molar-refractivity contribution >= 4 is 37.4 Å². The molecule has 0 aliphatic carbocycles. The van der Waals surface area contributed by atoms with Gasteiger partial charge in [-0.1, -0.05) is 11.6 Å². The van der Waals surface area contributed by atoms with Crippen molar-refractivity contribution in [2.75, 3.05) is 0 Å². The minimum Gasteiger partial charge on any atom is -0.456 e. The molecule has 0 N–H and O–H groups in total. The molecule has 0 spiro atoms. The van der Waals surface area contributed by atoms with Gasteiger partial charge in [-0.15, -0.1) is 0 Å². The number of alkyl halides is 2. The Morgan fingerprint density at radius 3 is 2.36 bits per heavy atom. The molecule has 0 unspecified atom stereocenters. The van der Waals surface area contributed by atoms with Crippen LogP contribution in [0, 0.1) is 5.82 Å². The van der Waals surface area contributed by atoms with E-state index in [1.807, 2.05) is 0 Å². The Hall–Kier alpha value is -1.25. The lowest BCUT2D eigenvalue weighted by Gasteiger charge is -2.10. The maximum atomic E-state index is 13.2. The molecule has 2 aromatic carbocycles. The van der Waals surface area contributed by atoms with E-state index >= 15 is 0 Å². The molecule has 0 aliphatic heterocycles. The monoisotopic (exact) mass is 414 g/mol. The first-order chi connectivity index (χ1) is 10.2. The molecule has 0 saturated heterocycles. The molecule has 2 aromatic rings. The molecular formula is C13H7BrClF3O3S. The Labute approximate surface area is 137 Å². The van der Waals surface area contributed by atoms with Crippen LogP contribution >= 0.6 is 27.5 Å². The van der Waals surface area contributed by atoms with Crippen LogP contribution in [0.3, 0.4) is 0 Å². The lowest BCUT2D eigenvalue weighted by atomic mass is 10.3. The smallest absolute Gasteiger partial charge is 0.341 e. The maximum Gasteiger partial charge on any atom is 0.341 e. The van der Waals surface area contributed by atoms with Gasteiger partial charge in [-0.3, -0.25) is 0 Å². The molecule has 0 aliphatic rings. The third kappa shape index (κ3) is 3.74. The molecule has 0 heterocycles. The Bertz CT molecular complexity index is 792. The van der Waals surface area contributed by atoms with Crippen molar-refractivity contribution in [1.29, 1.82) is 0 Å². The van der Waals surface area contributed by atoms with E-state index < -0.39 is 26.3 Å². The topological polar surface area (TPSA) is 43.4 Å². The zero-order chi connectivity index (χ0) is 16.5. The molecule has 0 radical (unpaired) electrons. The minimum absolute atomic E-state index is 0.0789. The van der Waals surface area contributed by atoms with E-state index in [0.29, 0.717) is 0 Å². The van der Waals surface area contributed by atoms with Crippen LogP contribution in [0.4, 0.5) is 13.2 Å². The molecule has 0 atom stereocenters. The van der Waals surface area contributed by atoms with Gasteiger partial charge < -0.3 is 4.74 Å². The van der Waals surface area contributed by atoms with Crippen LogP contribution in [0.15, 0.2) is 45.8 Å². The van der Waals surface area contributed by atoms with Crippen LogP contribution in [-0.4, -0.2) is 14.2 Å². The van der Waals surface area contributed by atoms with E-state index in [9.17, 15) is 21.6 Å². The fourth-order valence-corrected chi connectivity index (χ4v) is 3.13. The number of benzene rings is 2. The predicted molar refractivity (Wildman–Crippen MR) is 78.8 cm³/mol. The summed E-state index contributed by atoms with van der Waals surface area (Å²) in [5.74, 6) is -3.94. The largest absolute Gasteiger partial charge is 0.456 e. The standard InChI is InChI=1S/C13H7BrClF3O3S/c14-11-6-10(22(19,20)13(17)18)1-2-12(11)21-9-4-7(15)3-8(16)5-9/h1-6,13H. The quantitative estimate of drug-likeness (QED) is 0.703. The zero-order valence-electron chi connectivity index (χ0n) is 10.6. The first-order valence-corrected chi connectivity index (χ1v) is 8.37. The number of halogens is 5. The number of sulfone groups is 1. The first-order valence-electron chi connectivity index (χ1n) is 5.65. The van der Waals surface area contributed by atoms with E-state index in [1.165, 1.54) is 12.1 Å². The summed E-state index contributed by atoms with van der Waals surface area (Å²) in [4.78, 5) is -0.556. The Balaban J connectivity index is 2.35. The number of hydrogen-bond acceptors (Lipinski definition) is 3. The van der Waals surface area contributed by atoms with Gasteiger partial charge in [0, 0.05) is 11.1 Å². The van der Waals surface area contributed by atoms with E-state index in [2.05, 4.69) is 15.9 Å². The van der Waals surface area contributed by atoms with Gasteiger partial charge in [0.05, 0.1) is 9.37 Å². The predicted octanol–water partition coefficient (Wildman–Crippen LogP) is 5.03. The van der Waals surface area contributed by atoms with Gasteiger partial charge >= 0.3 is 5.76 Å². The fraction of sp³-hybridized carbons (Fsp3) is 0.0769. The van der Waals surface area contributed by atoms with Crippen LogP contribution in [0.2, 0.25) is 5.02 Å². The second kappa shape index (κ2) is 6.47. The Morgan fingerprint density at radius 1 is 1.14 bits per heavy atom. The third-order valence-corrected chi connectivity index (χ3v) is 4.75. The number of ether oxygens (including phenoxy) is 1. The van der Waals surface area contributed by atoms with E-state index in [-0.39, 0.29) is 21.0 Å². The average molecular weight is 416 g/mol. The maximum absolute atomic E-state index is 13.2. The summed E-state index contributed by atoms with van der Waals surface area (Å²) >= 11 is 8.70. The SMILES string of the molecule is O=S(=O)(c1ccc(Oc2cc(F)cc(Cl)c2)c(Br)c1)C(F)F. The summed E-state index contributed by atoms with van der Waals surface area (Å²) in [7, 11) is -4.70. The van der Waals surface area contributed by atoms with Crippen molar-refractivity contribution in [1.82, 2.24) is 0 Å². The molecular weight excluding hydrogens is 409 g/mol. The normalized spacial score (nSPS) is 11.7. The lowest BCUT2D eigenvalue weighted by molar-refractivity contribution is 0.234. The Morgan fingerprint density at radius 2 is 1.82 bits per heavy atom. The van der Waals surface area contributed by atoms with Crippen molar-refractivity contribution in [2.45, 2.75) is 10.7 Å². The second-order valence-electron chi connectivity index (χ2n) is 4.11. The lowest BCUT2D eigenvalue weighted by Crippen LogP contribution is -2.11. The summed E-state index contributed by atoms with van der Waals surface area (Å²) in [5.41, 5.74) is 0. The van der Waals surface area contributed by atoms with Crippen molar-refractivity contribution in [3.8, 4) is 11.5 Å². The van der Waals surface area contributed by atoms with Gasteiger partial charge in [-0.25, -0.2) is 12.8 Å². The summed E-state index contributed by atoms with van der Waals surface area (Å²) in [6.07, 6.45) is 0. The molecule has 3 nitrogen and oxygen atoms in total. The molecule has 22 heavy (non-hydrogen) atoms. The van der Waals surface area contributed by atoms with Crippen LogP contribution in [0.1, 0.15) is 0 Å².